The molecule has 1 aromatic carbocycles. The van der Waals surface area contributed by atoms with Gasteiger partial charge in [0.2, 0.25) is 0 Å². The summed E-state index contributed by atoms with van der Waals surface area (Å²) in [7, 11) is 0. The molecule has 2 heteroatoms. The first-order valence-corrected chi connectivity index (χ1v) is 14.5. The molecule has 0 spiro atoms. The minimum atomic E-state index is -0.162. The fraction of sp³-hybridized carbons (Fsp3) is 0.395. The summed E-state index contributed by atoms with van der Waals surface area (Å²) in [6.07, 6.45) is 11.1. The van der Waals surface area contributed by atoms with Gasteiger partial charge in [-0.3, -0.25) is 0 Å². The van der Waals surface area contributed by atoms with Crippen molar-refractivity contribution in [2.45, 2.75) is 67.9 Å². The van der Waals surface area contributed by atoms with Crippen molar-refractivity contribution < 1.29 is 0 Å². The largest absolute Gasteiger partial charge is 0.368 e. The maximum Gasteiger partial charge on any atom is 0.0839 e. The lowest BCUT2D eigenvalue weighted by Crippen LogP contribution is -2.59. The lowest BCUT2D eigenvalue weighted by atomic mass is 9.72. The Hall–Kier alpha value is -3.48. The molecular weight excluding hydrogens is 484 g/mol. The Labute approximate surface area is 243 Å². The highest BCUT2D eigenvalue weighted by molar-refractivity contribution is 5.72. The molecule has 2 atom stereocenters. The van der Waals surface area contributed by atoms with E-state index < -0.39 is 0 Å². The van der Waals surface area contributed by atoms with Crippen LogP contribution in [0.4, 0.5) is 0 Å². The predicted molar refractivity (Wildman–Crippen MR) is 174 cm³/mol. The molecule has 0 amide bonds. The van der Waals surface area contributed by atoms with E-state index in [-0.39, 0.29) is 16.9 Å². The van der Waals surface area contributed by atoms with Gasteiger partial charge in [-0.2, -0.15) is 0 Å². The van der Waals surface area contributed by atoms with Gasteiger partial charge in [-0.15, -0.1) is 5.73 Å². The van der Waals surface area contributed by atoms with Crippen molar-refractivity contribution in [2.24, 2.45) is 11.3 Å². The second-order valence-electron chi connectivity index (χ2n) is 13.3. The third kappa shape index (κ3) is 5.30. The number of aryl methyl sites for hydroxylation is 2. The van der Waals surface area contributed by atoms with Gasteiger partial charge in [0, 0.05) is 31.2 Å². The monoisotopic (exact) mass is 532 g/mol. The van der Waals surface area contributed by atoms with Crippen LogP contribution in [0.25, 0.3) is 5.57 Å². The normalized spacial score (nSPS) is 24.2. The summed E-state index contributed by atoms with van der Waals surface area (Å²) >= 11 is 0. The van der Waals surface area contributed by atoms with Crippen LogP contribution in [0.3, 0.4) is 0 Å². The second-order valence-corrected chi connectivity index (χ2v) is 13.3. The summed E-state index contributed by atoms with van der Waals surface area (Å²) < 4.78 is 0. The second kappa shape index (κ2) is 10.8. The number of benzene rings is 1. The van der Waals surface area contributed by atoms with Crippen molar-refractivity contribution in [1.29, 1.82) is 0 Å². The van der Waals surface area contributed by atoms with Crippen LogP contribution in [-0.4, -0.2) is 35.0 Å². The summed E-state index contributed by atoms with van der Waals surface area (Å²) in [6.45, 7) is 36.1. The maximum atomic E-state index is 4.61. The number of piperazine rings is 1. The highest BCUT2D eigenvalue weighted by atomic mass is 15.3. The lowest BCUT2D eigenvalue weighted by molar-refractivity contribution is 0.0587. The van der Waals surface area contributed by atoms with E-state index in [2.05, 4.69) is 146 Å². The van der Waals surface area contributed by atoms with Crippen LogP contribution >= 0.6 is 0 Å². The van der Waals surface area contributed by atoms with Crippen molar-refractivity contribution >= 4 is 5.57 Å². The minimum Gasteiger partial charge on any atom is -0.368 e. The molecule has 0 bridgehead atoms. The van der Waals surface area contributed by atoms with Gasteiger partial charge in [-0.05, 0) is 104 Å². The number of allylic oxidation sites excluding steroid dienone is 10. The van der Waals surface area contributed by atoms with Crippen molar-refractivity contribution in [3.8, 4) is 0 Å². The molecule has 0 aromatic heterocycles. The van der Waals surface area contributed by atoms with E-state index in [1.165, 1.54) is 44.6 Å². The molecule has 210 valence electrons. The highest BCUT2D eigenvalue weighted by Crippen LogP contribution is 2.57. The molecule has 2 nitrogen and oxygen atoms in total. The van der Waals surface area contributed by atoms with E-state index in [1.807, 2.05) is 0 Å². The summed E-state index contributed by atoms with van der Waals surface area (Å²) in [5.74, 6) is 0.194. The van der Waals surface area contributed by atoms with Crippen LogP contribution in [0.15, 0.2) is 113 Å². The smallest absolute Gasteiger partial charge is 0.0839 e. The molecule has 40 heavy (non-hydrogen) atoms. The number of fused-ring (bicyclic) bond motifs is 3. The maximum absolute atomic E-state index is 4.61. The Morgan fingerprint density at radius 2 is 1.80 bits per heavy atom. The van der Waals surface area contributed by atoms with Gasteiger partial charge in [0.25, 0.3) is 0 Å². The van der Waals surface area contributed by atoms with Gasteiger partial charge in [-0.1, -0.05) is 82.5 Å². The van der Waals surface area contributed by atoms with Crippen LogP contribution in [0.1, 0.15) is 65.2 Å². The summed E-state index contributed by atoms with van der Waals surface area (Å²) in [5, 5.41) is 0. The number of nitrogens with zero attached hydrogens (tertiary/aromatic N) is 2. The average molecular weight is 533 g/mol. The fourth-order valence-corrected chi connectivity index (χ4v) is 6.55. The average Bonchev–Trinajstić information content (AvgIpc) is 3.32. The molecule has 2 saturated heterocycles. The zero-order valence-electron chi connectivity index (χ0n) is 26.3. The van der Waals surface area contributed by atoms with Crippen molar-refractivity contribution in [2.75, 3.05) is 19.6 Å². The lowest BCUT2D eigenvalue weighted by Gasteiger charge is -2.49. The first-order valence-electron chi connectivity index (χ1n) is 14.5. The predicted octanol–water partition coefficient (Wildman–Crippen LogP) is 9.26. The molecule has 2 heterocycles. The number of hydrogen-bond acceptors (Lipinski definition) is 2. The van der Waals surface area contributed by atoms with E-state index in [0.29, 0.717) is 0 Å². The molecule has 4 rings (SSSR count). The molecule has 0 saturated carbocycles. The number of hydrogen-bond donors (Lipinski definition) is 0. The quantitative estimate of drug-likeness (QED) is 0.275. The molecule has 1 aromatic rings. The summed E-state index contributed by atoms with van der Waals surface area (Å²) in [5.41, 5.74) is 16.9. The van der Waals surface area contributed by atoms with Gasteiger partial charge < -0.3 is 9.80 Å². The third-order valence-electron chi connectivity index (χ3n) is 8.87. The Bertz CT molecular complexity index is 1450. The molecule has 2 aliphatic heterocycles. The molecule has 1 aliphatic carbocycles. The third-order valence-corrected chi connectivity index (χ3v) is 8.87. The van der Waals surface area contributed by atoms with E-state index in [4.69, 9.17) is 0 Å². The van der Waals surface area contributed by atoms with Gasteiger partial charge in [0.15, 0.2) is 0 Å². The van der Waals surface area contributed by atoms with E-state index in [1.54, 1.807) is 0 Å². The zero-order valence-corrected chi connectivity index (χ0v) is 26.3. The highest BCUT2D eigenvalue weighted by Gasteiger charge is 2.57. The van der Waals surface area contributed by atoms with Crippen LogP contribution in [0.5, 0.6) is 0 Å². The Balaban J connectivity index is 1.84. The van der Waals surface area contributed by atoms with Crippen molar-refractivity contribution in [1.82, 2.24) is 9.80 Å². The molecular formula is C38H48N2. The fourth-order valence-electron chi connectivity index (χ4n) is 6.55. The van der Waals surface area contributed by atoms with Gasteiger partial charge in [0.05, 0.1) is 11.2 Å². The topological polar surface area (TPSA) is 6.48 Å². The minimum absolute atomic E-state index is 0.0601. The summed E-state index contributed by atoms with van der Waals surface area (Å²) in [6, 6.07) is 6.78. The SMILES string of the molecule is C=C=C1C2=CC(=C)/C(=C(\C=C(/C)c3ccc(C)c(C)c3)C(C)(C)C)C2C2(C)CN(C(=C)/C=C\C=C(C)C)CCN12. The standard InChI is InChI=1S/C38H48N2/c1-13-34-32-22-29(7)35(33(37(9,10)11)23-28(6)31-18-17-26(4)27(5)21-31)36(32)38(12)24-39(19-20-40(34)38)30(8)16-14-15-25(2)3/h14-18,21-23,36H,1,7-8,19-20,24H2,2-6,9-12H3/b16-14-,28-23+,35-33-. The number of rotatable bonds is 5. The molecule has 0 N–H and O–H groups in total. The Kier molecular flexibility index (Phi) is 7.99. The van der Waals surface area contributed by atoms with Gasteiger partial charge in [0.1, 0.15) is 0 Å². The van der Waals surface area contributed by atoms with E-state index >= 15 is 0 Å². The molecule has 2 unspecified atom stereocenters. The van der Waals surface area contributed by atoms with Crippen molar-refractivity contribution in [3.63, 3.8) is 0 Å². The molecule has 0 radical (unpaired) electrons. The molecule has 3 aliphatic rings. The van der Waals surface area contributed by atoms with Crippen LogP contribution < -0.4 is 0 Å². The van der Waals surface area contributed by atoms with E-state index in [0.717, 1.165) is 36.6 Å². The first kappa shape index (κ1) is 29.5. The van der Waals surface area contributed by atoms with E-state index in [9.17, 15) is 0 Å². The van der Waals surface area contributed by atoms with Crippen LogP contribution in [0, 0.1) is 25.2 Å². The van der Waals surface area contributed by atoms with Gasteiger partial charge in [-0.25, -0.2) is 0 Å². The van der Waals surface area contributed by atoms with Crippen LogP contribution in [0.2, 0.25) is 0 Å². The Morgan fingerprint density at radius 1 is 1.10 bits per heavy atom. The summed E-state index contributed by atoms with van der Waals surface area (Å²) in [4.78, 5) is 4.99. The van der Waals surface area contributed by atoms with Crippen molar-refractivity contribution in [3.05, 3.63) is 130 Å². The molecule has 2 fully saturated rings. The van der Waals surface area contributed by atoms with Crippen LogP contribution in [-0.2, 0) is 0 Å². The van der Waals surface area contributed by atoms with Gasteiger partial charge >= 0.3 is 0 Å². The zero-order chi connectivity index (χ0) is 29.6. The Morgan fingerprint density at radius 3 is 2.40 bits per heavy atom. The first-order chi connectivity index (χ1) is 18.7.